The van der Waals surface area contributed by atoms with Crippen molar-refractivity contribution >= 4 is 11.8 Å². The van der Waals surface area contributed by atoms with Gasteiger partial charge in [0.2, 0.25) is 0 Å². The van der Waals surface area contributed by atoms with Gasteiger partial charge in [-0.25, -0.2) is 4.79 Å². The summed E-state index contributed by atoms with van der Waals surface area (Å²) in [6.45, 7) is 0.169. The first-order valence-electron chi connectivity index (χ1n) is 11.1. The van der Waals surface area contributed by atoms with Crippen LogP contribution in [-0.4, -0.2) is 18.9 Å². The Bertz CT molecular complexity index is 1290. The maximum Gasteiger partial charge on any atom is 0.416 e. The number of Topliss-reactive ketones (excluding diaryl/α,β-unsaturated/α-hetero) is 1. The van der Waals surface area contributed by atoms with Gasteiger partial charge in [0.25, 0.3) is 0 Å². The van der Waals surface area contributed by atoms with Crippen LogP contribution in [0.5, 0.6) is 5.75 Å². The van der Waals surface area contributed by atoms with Gasteiger partial charge < -0.3 is 9.47 Å². The van der Waals surface area contributed by atoms with E-state index < -0.39 is 35.4 Å². The van der Waals surface area contributed by atoms with Crippen molar-refractivity contribution in [2.24, 2.45) is 5.92 Å². The van der Waals surface area contributed by atoms with E-state index in [9.17, 15) is 35.9 Å². The summed E-state index contributed by atoms with van der Waals surface area (Å²) in [7, 11) is 1.28. The fraction of sp³-hybridized carbons (Fsp3) is 0.259. The highest BCUT2D eigenvalue weighted by molar-refractivity contribution is 6.02. The molecule has 1 aliphatic rings. The molecule has 4 rings (SSSR count). The van der Waals surface area contributed by atoms with Crippen molar-refractivity contribution in [3.63, 3.8) is 0 Å². The molecule has 3 aromatic carbocycles. The summed E-state index contributed by atoms with van der Waals surface area (Å²) in [5.74, 6) is -1.15. The van der Waals surface area contributed by atoms with Crippen LogP contribution >= 0.6 is 0 Å². The Hall–Kier alpha value is -3.82. The zero-order valence-electron chi connectivity index (χ0n) is 19.4. The molecule has 0 N–H and O–H groups in total. The number of fused-ring (bicyclic) bond motifs is 1. The van der Waals surface area contributed by atoms with E-state index in [1.165, 1.54) is 7.11 Å². The van der Waals surface area contributed by atoms with Crippen LogP contribution in [0.1, 0.15) is 48.5 Å². The molecule has 0 aromatic heterocycles. The first-order valence-corrected chi connectivity index (χ1v) is 11.1. The standard InChI is InChI=1S/C27H20F6O4/c1-36-25(35)17-4-2-15(3-5-17)14-37-22-6-7-23-18(12-22)11-19(24(23)34)8-16-9-20(26(28,29)30)13-21(10-16)27(31,32)33/h2-7,9-10,12-13,19H,8,11,14H2,1H3. The number of benzene rings is 3. The molecule has 194 valence electrons. The number of ether oxygens (including phenoxy) is 2. The summed E-state index contributed by atoms with van der Waals surface area (Å²) < 4.78 is 89.5. The Morgan fingerprint density at radius 1 is 0.865 bits per heavy atom. The topological polar surface area (TPSA) is 52.6 Å². The van der Waals surface area contributed by atoms with Crippen molar-refractivity contribution in [1.29, 1.82) is 0 Å². The van der Waals surface area contributed by atoms with Gasteiger partial charge in [0, 0.05) is 11.5 Å². The second kappa shape index (κ2) is 9.91. The molecule has 0 saturated heterocycles. The molecule has 0 radical (unpaired) electrons. The van der Waals surface area contributed by atoms with Crippen LogP contribution in [-0.2, 0) is 36.5 Å². The molecular formula is C27H20F6O4. The largest absolute Gasteiger partial charge is 0.489 e. The lowest BCUT2D eigenvalue weighted by Gasteiger charge is -2.15. The minimum atomic E-state index is -4.95. The van der Waals surface area contributed by atoms with Gasteiger partial charge >= 0.3 is 18.3 Å². The predicted molar refractivity (Wildman–Crippen MR) is 120 cm³/mol. The second-order valence-corrected chi connectivity index (χ2v) is 8.68. The molecule has 0 heterocycles. The van der Waals surface area contributed by atoms with Crippen molar-refractivity contribution in [3.05, 3.63) is 99.6 Å². The number of carbonyl (C=O) groups is 2. The normalized spacial score (nSPS) is 15.4. The third-order valence-corrected chi connectivity index (χ3v) is 6.09. The Balaban J connectivity index is 1.47. The molecule has 0 fully saturated rings. The minimum absolute atomic E-state index is 0.0708. The molecule has 0 aliphatic heterocycles. The number of halogens is 6. The van der Waals surface area contributed by atoms with Gasteiger partial charge in [-0.1, -0.05) is 12.1 Å². The van der Waals surface area contributed by atoms with Crippen LogP contribution in [0.3, 0.4) is 0 Å². The molecule has 0 spiro atoms. The second-order valence-electron chi connectivity index (χ2n) is 8.68. The van der Waals surface area contributed by atoms with Gasteiger partial charge in [0.15, 0.2) is 5.78 Å². The number of rotatable bonds is 6. The van der Waals surface area contributed by atoms with Crippen LogP contribution < -0.4 is 4.74 Å². The lowest BCUT2D eigenvalue weighted by atomic mass is 9.93. The SMILES string of the molecule is COC(=O)c1ccc(COc2ccc3c(c2)CC(Cc2cc(C(F)(F)F)cc(C(F)(F)F)c2)C3=O)cc1. The van der Waals surface area contributed by atoms with Crippen LogP contribution in [0.2, 0.25) is 0 Å². The van der Waals surface area contributed by atoms with Gasteiger partial charge in [-0.2, -0.15) is 26.3 Å². The molecule has 0 amide bonds. The fourth-order valence-electron chi connectivity index (χ4n) is 4.26. The number of hydrogen-bond acceptors (Lipinski definition) is 4. The van der Waals surface area contributed by atoms with E-state index in [1.54, 1.807) is 42.5 Å². The van der Waals surface area contributed by atoms with Crippen molar-refractivity contribution < 1.29 is 45.4 Å². The molecule has 3 aromatic rings. The molecule has 37 heavy (non-hydrogen) atoms. The number of methoxy groups -OCH3 is 1. The van der Waals surface area contributed by atoms with E-state index in [4.69, 9.17) is 4.74 Å². The predicted octanol–water partition coefficient (Wildman–Crippen LogP) is 6.69. The smallest absolute Gasteiger partial charge is 0.416 e. The molecule has 1 unspecified atom stereocenters. The number of esters is 1. The highest BCUT2D eigenvalue weighted by Crippen LogP contribution is 2.38. The van der Waals surface area contributed by atoms with Gasteiger partial charge in [-0.05, 0) is 78.1 Å². The number of alkyl halides is 6. The van der Waals surface area contributed by atoms with Gasteiger partial charge in [0.1, 0.15) is 12.4 Å². The van der Waals surface area contributed by atoms with Gasteiger partial charge in [-0.15, -0.1) is 0 Å². The summed E-state index contributed by atoms with van der Waals surface area (Å²) >= 11 is 0. The van der Waals surface area contributed by atoms with E-state index >= 15 is 0 Å². The summed E-state index contributed by atoms with van der Waals surface area (Å²) in [6.07, 6.45) is -10.0. The van der Waals surface area contributed by atoms with Crippen molar-refractivity contribution in [2.45, 2.75) is 31.8 Å². The molecule has 1 aliphatic carbocycles. The lowest BCUT2D eigenvalue weighted by Crippen LogP contribution is -2.15. The highest BCUT2D eigenvalue weighted by Gasteiger charge is 2.38. The molecule has 10 heteroatoms. The average molecular weight is 522 g/mol. The zero-order chi connectivity index (χ0) is 27.0. The molecule has 0 saturated carbocycles. The van der Waals surface area contributed by atoms with Crippen LogP contribution in [0, 0.1) is 5.92 Å². The fourth-order valence-corrected chi connectivity index (χ4v) is 4.26. The summed E-state index contributed by atoms with van der Waals surface area (Å²) in [4.78, 5) is 24.4. The number of hydrogen-bond donors (Lipinski definition) is 0. The van der Waals surface area contributed by atoms with E-state index in [2.05, 4.69) is 4.74 Å². The highest BCUT2D eigenvalue weighted by atomic mass is 19.4. The summed E-state index contributed by atoms with van der Waals surface area (Å²) in [5, 5.41) is 0. The van der Waals surface area contributed by atoms with E-state index in [0.717, 1.165) is 5.56 Å². The Morgan fingerprint density at radius 2 is 1.49 bits per heavy atom. The quantitative estimate of drug-likeness (QED) is 0.268. The summed E-state index contributed by atoms with van der Waals surface area (Å²) in [6, 6.07) is 12.7. The summed E-state index contributed by atoms with van der Waals surface area (Å²) in [5.41, 5.74) is -0.894. The van der Waals surface area contributed by atoms with E-state index in [1.807, 2.05) is 0 Å². The third-order valence-electron chi connectivity index (χ3n) is 6.09. The Kier molecular flexibility index (Phi) is 7.03. The monoisotopic (exact) mass is 522 g/mol. The molecule has 0 bridgehead atoms. The van der Waals surface area contributed by atoms with Crippen molar-refractivity contribution in [3.8, 4) is 5.75 Å². The van der Waals surface area contributed by atoms with Crippen molar-refractivity contribution in [2.75, 3.05) is 7.11 Å². The number of ketones is 1. The van der Waals surface area contributed by atoms with Crippen LogP contribution in [0.15, 0.2) is 60.7 Å². The van der Waals surface area contributed by atoms with E-state index in [-0.39, 0.29) is 36.9 Å². The minimum Gasteiger partial charge on any atom is -0.489 e. The van der Waals surface area contributed by atoms with Crippen LogP contribution in [0.25, 0.3) is 0 Å². The molecular weight excluding hydrogens is 502 g/mol. The van der Waals surface area contributed by atoms with Crippen molar-refractivity contribution in [1.82, 2.24) is 0 Å². The maximum atomic E-state index is 13.2. The van der Waals surface area contributed by atoms with Crippen LogP contribution in [0.4, 0.5) is 26.3 Å². The first-order chi connectivity index (χ1) is 17.3. The third kappa shape index (κ3) is 5.95. The lowest BCUT2D eigenvalue weighted by molar-refractivity contribution is -0.143. The average Bonchev–Trinajstić information content (AvgIpc) is 3.15. The Labute approximate surface area is 207 Å². The van der Waals surface area contributed by atoms with Gasteiger partial charge in [-0.3, -0.25) is 4.79 Å². The zero-order valence-corrected chi connectivity index (χ0v) is 19.4. The maximum absolute atomic E-state index is 13.2. The molecule has 4 nitrogen and oxygen atoms in total. The first kappa shape index (κ1) is 26.2. The van der Waals surface area contributed by atoms with E-state index in [0.29, 0.717) is 34.6 Å². The molecule has 1 atom stereocenters. The Morgan fingerprint density at radius 3 is 2.05 bits per heavy atom. The van der Waals surface area contributed by atoms with Gasteiger partial charge in [0.05, 0.1) is 23.8 Å². The number of carbonyl (C=O) groups excluding carboxylic acids is 2.